The average molecular weight is 383 g/mol. The molecule has 6 nitrogen and oxygen atoms in total. The molecule has 25 heavy (non-hydrogen) atoms. The molecule has 0 bridgehead atoms. The Morgan fingerprint density at radius 3 is 2.84 bits per heavy atom. The van der Waals surface area contributed by atoms with Gasteiger partial charge in [0.1, 0.15) is 5.01 Å². The Balaban J connectivity index is 1.36. The van der Waals surface area contributed by atoms with Crippen molar-refractivity contribution in [3.05, 3.63) is 5.01 Å². The first kappa shape index (κ1) is 18.6. The van der Waals surface area contributed by atoms with Crippen LogP contribution in [0.25, 0.3) is 0 Å². The highest BCUT2D eigenvalue weighted by Crippen LogP contribution is 2.28. The van der Waals surface area contributed by atoms with Crippen LogP contribution in [-0.2, 0) is 9.59 Å². The number of carbonyl (C=O) groups excluding carboxylic acids is 2. The summed E-state index contributed by atoms with van der Waals surface area (Å²) in [6.45, 7) is 3.23. The fraction of sp³-hybridized carbons (Fsp3) is 0.765. The zero-order valence-corrected chi connectivity index (χ0v) is 16.3. The highest BCUT2D eigenvalue weighted by atomic mass is 32.2. The van der Waals surface area contributed by atoms with Crippen LogP contribution < -0.4 is 5.32 Å². The van der Waals surface area contributed by atoms with Gasteiger partial charge in [-0.05, 0) is 32.6 Å². The van der Waals surface area contributed by atoms with Crippen molar-refractivity contribution in [2.24, 2.45) is 5.92 Å². The van der Waals surface area contributed by atoms with Crippen molar-refractivity contribution in [3.63, 3.8) is 0 Å². The zero-order chi connectivity index (χ0) is 17.6. The number of aromatic nitrogens is 2. The van der Waals surface area contributed by atoms with Gasteiger partial charge >= 0.3 is 0 Å². The van der Waals surface area contributed by atoms with Crippen LogP contribution in [0, 0.1) is 12.8 Å². The lowest BCUT2D eigenvalue weighted by atomic mass is 9.95. The van der Waals surface area contributed by atoms with Crippen molar-refractivity contribution < 1.29 is 9.59 Å². The summed E-state index contributed by atoms with van der Waals surface area (Å²) in [5.74, 6) is 1.22. The van der Waals surface area contributed by atoms with Crippen LogP contribution >= 0.6 is 23.1 Å². The number of aryl methyl sites for hydroxylation is 1. The maximum Gasteiger partial charge on any atom is 0.224 e. The molecular formula is C17H26N4O2S2. The van der Waals surface area contributed by atoms with Gasteiger partial charge in [-0.3, -0.25) is 9.59 Å². The Kier molecular flexibility index (Phi) is 6.70. The molecular weight excluding hydrogens is 356 g/mol. The first-order valence-corrected chi connectivity index (χ1v) is 10.9. The highest BCUT2D eigenvalue weighted by molar-refractivity contribution is 8.01. The van der Waals surface area contributed by atoms with E-state index in [0.717, 1.165) is 34.4 Å². The van der Waals surface area contributed by atoms with Gasteiger partial charge in [-0.25, -0.2) is 0 Å². The summed E-state index contributed by atoms with van der Waals surface area (Å²) < 4.78 is 0.988. The van der Waals surface area contributed by atoms with Gasteiger partial charge < -0.3 is 10.2 Å². The van der Waals surface area contributed by atoms with Crippen molar-refractivity contribution in [2.45, 2.75) is 62.3 Å². The van der Waals surface area contributed by atoms with Crippen LogP contribution in [0.2, 0.25) is 0 Å². The van der Waals surface area contributed by atoms with Crippen molar-refractivity contribution in [2.75, 3.05) is 18.8 Å². The van der Waals surface area contributed by atoms with E-state index in [9.17, 15) is 9.59 Å². The van der Waals surface area contributed by atoms with Crippen LogP contribution in [-0.4, -0.2) is 51.8 Å². The molecule has 1 aliphatic heterocycles. The zero-order valence-electron chi connectivity index (χ0n) is 14.7. The smallest absolute Gasteiger partial charge is 0.224 e. The van der Waals surface area contributed by atoms with E-state index in [0.29, 0.717) is 32.0 Å². The second kappa shape index (κ2) is 8.98. The average Bonchev–Trinajstić information content (AvgIpc) is 3.26. The quantitative estimate of drug-likeness (QED) is 0.579. The van der Waals surface area contributed by atoms with Crippen LogP contribution in [0.3, 0.4) is 0 Å². The Hall–Kier alpha value is -1.15. The number of thioether (sulfide) groups is 1. The molecule has 1 saturated heterocycles. The summed E-state index contributed by atoms with van der Waals surface area (Å²) >= 11 is 3.29. The Morgan fingerprint density at radius 2 is 2.12 bits per heavy atom. The van der Waals surface area contributed by atoms with Crippen molar-refractivity contribution >= 4 is 34.9 Å². The SMILES string of the molecule is Cc1nnc(SCCCNC(=O)[C@@H]2CCC(=O)N(C3CCCC3)C2)s1. The van der Waals surface area contributed by atoms with Crippen LogP contribution in [0.4, 0.5) is 0 Å². The monoisotopic (exact) mass is 382 g/mol. The number of rotatable bonds is 7. The molecule has 0 unspecified atom stereocenters. The molecule has 0 aromatic carbocycles. The van der Waals surface area contributed by atoms with Gasteiger partial charge in [-0.15, -0.1) is 10.2 Å². The molecule has 2 fully saturated rings. The molecule has 138 valence electrons. The van der Waals surface area contributed by atoms with Gasteiger partial charge in [-0.2, -0.15) is 0 Å². The minimum atomic E-state index is -0.0447. The number of amides is 2. The summed E-state index contributed by atoms with van der Waals surface area (Å²) in [6, 6.07) is 0.370. The lowest BCUT2D eigenvalue weighted by Crippen LogP contribution is -2.49. The molecule has 2 heterocycles. The van der Waals surface area contributed by atoms with Gasteiger partial charge in [0.15, 0.2) is 4.34 Å². The molecule has 1 saturated carbocycles. The van der Waals surface area contributed by atoms with Crippen molar-refractivity contribution in [1.29, 1.82) is 0 Å². The summed E-state index contributed by atoms with van der Waals surface area (Å²) in [5.41, 5.74) is 0. The summed E-state index contributed by atoms with van der Waals surface area (Å²) in [6.07, 6.45) is 6.72. The summed E-state index contributed by atoms with van der Waals surface area (Å²) in [4.78, 5) is 26.6. The normalized spacial score (nSPS) is 21.7. The van der Waals surface area contributed by atoms with E-state index in [4.69, 9.17) is 0 Å². The number of likely N-dealkylation sites (tertiary alicyclic amines) is 1. The lowest BCUT2D eigenvalue weighted by molar-refractivity contribution is -0.140. The molecule has 8 heteroatoms. The summed E-state index contributed by atoms with van der Waals surface area (Å²) in [7, 11) is 0. The number of nitrogens with zero attached hydrogens (tertiary/aromatic N) is 3. The third-order valence-corrected chi connectivity index (χ3v) is 6.99. The first-order chi connectivity index (χ1) is 12.1. The largest absolute Gasteiger partial charge is 0.356 e. The molecule has 3 rings (SSSR count). The fourth-order valence-corrected chi connectivity index (χ4v) is 5.40. The minimum absolute atomic E-state index is 0.0447. The van der Waals surface area contributed by atoms with Crippen molar-refractivity contribution in [3.8, 4) is 0 Å². The Morgan fingerprint density at radius 1 is 1.32 bits per heavy atom. The molecule has 1 aromatic rings. The van der Waals surface area contributed by atoms with E-state index >= 15 is 0 Å². The molecule has 2 aliphatic rings. The van der Waals surface area contributed by atoms with Crippen LogP contribution in [0.15, 0.2) is 4.34 Å². The predicted octanol–water partition coefficient (Wildman–Crippen LogP) is 2.63. The second-order valence-electron chi connectivity index (χ2n) is 6.80. The number of carbonyl (C=O) groups is 2. The van der Waals surface area contributed by atoms with Crippen LogP contribution in [0.1, 0.15) is 50.0 Å². The predicted molar refractivity (Wildman–Crippen MR) is 99.7 cm³/mol. The molecule has 0 radical (unpaired) electrons. The Labute approximate surface area is 157 Å². The Bertz CT molecular complexity index is 601. The van der Waals surface area contributed by atoms with E-state index in [1.165, 1.54) is 12.8 Å². The van der Waals surface area contributed by atoms with Gasteiger partial charge in [0.25, 0.3) is 0 Å². The van der Waals surface area contributed by atoms with E-state index < -0.39 is 0 Å². The molecule has 1 N–H and O–H groups in total. The topological polar surface area (TPSA) is 75.2 Å². The minimum Gasteiger partial charge on any atom is -0.356 e. The molecule has 0 spiro atoms. The number of hydrogen-bond acceptors (Lipinski definition) is 6. The van der Waals surface area contributed by atoms with E-state index in [-0.39, 0.29) is 17.7 Å². The van der Waals surface area contributed by atoms with Crippen LogP contribution in [0.5, 0.6) is 0 Å². The maximum atomic E-state index is 12.4. The highest BCUT2D eigenvalue weighted by Gasteiger charge is 2.34. The standard InChI is InChI=1S/C17H26N4O2S2/c1-12-19-20-17(25-12)24-10-4-9-18-16(23)13-7-8-15(22)21(11-13)14-5-2-3-6-14/h13-14H,2-11H2,1H3,(H,18,23)/t13-/m1/s1. The second-order valence-corrected chi connectivity index (χ2v) is 9.32. The number of piperidine rings is 1. The third kappa shape index (κ3) is 5.17. The molecule has 1 aromatic heterocycles. The van der Waals surface area contributed by atoms with Gasteiger partial charge in [-0.1, -0.05) is 35.9 Å². The van der Waals surface area contributed by atoms with Crippen molar-refractivity contribution in [1.82, 2.24) is 20.4 Å². The van der Waals surface area contributed by atoms with E-state index in [1.807, 2.05) is 11.8 Å². The fourth-order valence-electron chi connectivity index (χ4n) is 3.58. The van der Waals surface area contributed by atoms with Gasteiger partial charge in [0.05, 0.1) is 5.92 Å². The molecule has 2 amide bonds. The number of hydrogen-bond donors (Lipinski definition) is 1. The first-order valence-electron chi connectivity index (χ1n) is 9.13. The third-order valence-electron chi connectivity index (χ3n) is 4.93. The number of nitrogens with one attached hydrogen (secondary N) is 1. The molecule has 1 atom stereocenters. The maximum absolute atomic E-state index is 12.4. The van der Waals surface area contributed by atoms with E-state index in [2.05, 4.69) is 15.5 Å². The lowest BCUT2D eigenvalue weighted by Gasteiger charge is -2.36. The summed E-state index contributed by atoms with van der Waals surface area (Å²) in [5, 5.41) is 12.1. The molecule has 1 aliphatic carbocycles. The van der Waals surface area contributed by atoms with Gasteiger partial charge in [0, 0.05) is 31.3 Å². The van der Waals surface area contributed by atoms with Gasteiger partial charge in [0.2, 0.25) is 11.8 Å². The van der Waals surface area contributed by atoms with E-state index in [1.54, 1.807) is 23.1 Å².